The van der Waals surface area contributed by atoms with Crippen LogP contribution >= 0.6 is 0 Å². The summed E-state index contributed by atoms with van der Waals surface area (Å²) < 4.78 is 5.38. The predicted octanol–water partition coefficient (Wildman–Crippen LogP) is 2.48. The average Bonchev–Trinajstić information content (AvgIpc) is 3.03. The number of nitrogens with zero attached hydrogens (tertiary/aromatic N) is 2. The average molecular weight is 361 g/mol. The van der Waals surface area contributed by atoms with Gasteiger partial charge in [-0.25, -0.2) is 4.79 Å². The first-order valence-corrected chi connectivity index (χ1v) is 8.77. The summed E-state index contributed by atoms with van der Waals surface area (Å²) >= 11 is 0. The van der Waals surface area contributed by atoms with Crippen LogP contribution in [0, 0.1) is 0 Å². The highest BCUT2D eigenvalue weighted by Crippen LogP contribution is 2.22. The number of rotatable bonds is 4. The number of nitrogens with one attached hydrogen (secondary N) is 1. The first-order valence-electron chi connectivity index (χ1n) is 8.77. The summed E-state index contributed by atoms with van der Waals surface area (Å²) in [4.78, 5) is 40.0. The van der Waals surface area contributed by atoms with Crippen molar-refractivity contribution in [3.63, 3.8) is 0 Å². The monoisotopic (exact) mass is 361 g/mol. The van der Waals surface area contributed by atoms with Gasteiger partial charge < -0.3 is 15.0 Å². The van der Waals surface area contributed by atoms with Crippen molar-refractivity contribution in [2.45, 2.75) is 45.3 Å². The maximum Gasteiger partial charge on any atom is 0.410 e. The van der Waals surface area contributed by atoms with Gasteiger partial charge in [0.25, 0.3) is 0 Å². The van der Waals surface area contributed by atoms with E-state index in [4.69, 9.17) is 4.74 Å². The minimum absolute atomic E-state index is 0.0770. The summed E-state index contributed by atoms with van der Waals surface area (Å²) in [5, 5.41) is 2.75. The second kappa shape index (κ2) is 8.21. The van der Waals surface area contributed by atoms with Crippen molar-refractivity contribution in [1.29, 1.82) is 0 Å². The number of carbonyl (C=O) groups is 3. The quantitative estimate of drug-likeness (QED) is 0.894. The lowest BCUT2D eigenvalue weighted by Gasteiger charge is -2.30. The van der Waals surface area contributed by atoms with Crippen molar-refractivity contribution in [2.75, 3.05) is 25.5 Å². The van der Waals surface area contributed by atoms with Crippen molar-refractivity contribution in [3.8, 4) is 0 Å². The van der Waals surface area contributed by atoms with Crippen LogP contribution in [0.5, 0.6) is 0 Å². The minimum atomic E-state index is -0.616. The zero-order chi connectivity index (χ0) is 19.3. The van der Waals surface area contributed by atoms with Crippen LogP contribution in [-0.2, 0) is 14.3 Å². The molecule has 26 heavy (non-hydrogen) atoms. The molecule has 1 aliphatic heterocycles. The van der Waals surface area contributed by atoms with Crippen LogP contribution in [-0.4, -0.2) is 59.5 Å². The summed E-state index contributed by atoms with van der Waals surface area (Å²) in [6.07, 6.45) is 0.818. The van der Waals surface area contributed by atoms with Gasteiger partial charge >= 0.3 is 6.09 Å². The molecule has 0 bridgehead atoms. The van der Waals surface area contributed by atoms with E-state index < -0.39 is 17.7 Å². The van der Waals surface area contributed by atoms with E-state index in [1.165, 1.54) is 9.80 Å². The molecular weight excluding hydrogens is 334 g/mol. The standard InChI is InChI=1S/C19H27N3O4/c1-19(2,3)26-18(25)22-12-8-11-15(22)17(24)21(4)13-16(23)20-14-9-6-5-7-10-14/h5-7,9-10,15H,8,11-13H2,1-4H3,(H,20,23). The van der Waals surface area contributed by atoms with Crippen LogP contribution in [0.25, 0.3) is 0 Å². The van der Waals surface area contributed by atoms with Gasteiger partial charge in [-0.1, -0.05) is 18.2 Å². The molecule has 0 radical (unpaired) electrons. The molecule has 3 amide bonds. The van der Waals surface area contributed by atoms with E-state index in [1.807, 2.05) is 18.2 Å². The second-order valence-corrected chi connectivity index (χ2v) is 7.44. The number of carbonyl (C=O) groups excluding carboxylic acids is 3. The van der Waals surface area contributed by atoms with Crippen LogP contribution in [0.4, 0.5) is 10.5 Å². The largest absolute Gasteiger partial charge is 0.444 e. The summed E-state index contributed by atoms with van der Waals surface area (Å²) in [6, 6.07) is 8.47. The van der Waals surface area contributed by atoms with Crippen molar-refractivity contribution in [1.82, 2.24) is 9.80 Å². The molecule has 1 aliphatic rings. The van der Waals surface area contributed by atoms with Gasteiger partial charge in [0, 0.05) is 19.3 Å². The van der Waals surface area contributed by atoms with Gasteiger partial charge in [0.05, 0.1) is 6.54 Å². The van der Waals surface area contributed by atoms with E-state index in [0.29, 0.717) is 18.7 Å². The number of amides is 3. The lowest BCUT2D eigenvalue weighted by Crippen LogP contribution is -2.49. The fourth-order valence-electron chi connectivity index (χ4n) is 2.83. The van der Waals surface area contributed by atoms with Gasteiger partial charge in [0.2, 0.25) is 11.8 Å². The Morgan fingerprint density at radius 3 is 2.50 bits per heavy atom. The molecule has 1 heterocycles. The van der Waals surface area contributed by atoms with Crippen LogP contribution in [0.3, 0.4) is 0 Å². The number of likely N-dealkylation sites (tertiary alicyclic amines) is 1. The molecule has 1 N–H and O–H groups in total. The maximum absolute atomic E-state index is 12.7. The normalized spacial score (nSPS) is 16.9. The molecule has 1 saturated heterocycles. The maximum atomic E-state index is 12.7. The number of para-hydroxylation sites is 1. The third-order valence-corrected chi connectivity index (χ3v) is 3.98. The fourth-order valence-corrected chi connectivity index (χ4v) is 2.83. The van der Waals surface area contributed by atoms with Gasteiger partial charge in [-0.15, -0.1) is 0 Å². The number of benzene rings is 1. The Hall–Kier alpha value is -2.57. The zero-order valence-electron chi connectivity index (χ0n) is 15.8. The smallest absolute Gasteiger partial charge is 0.410 e. The Bertz CT molecular complexity index is 654. The van der Waals surface area contributed by atoms with Crippen LogP contribution in [0.1, 0.15) is 33.6 Å². The molecule has 1 atom stereocenters. The zero-order valence-corrected chi connectivity index (χ0v) is 15.8. The van der Waals surface area contributed by atoms with Crippen molar-refractivity contribution in [3.05, 3.63) is 30.3 Å². The van der Waals surface area contributed by atoms with Crippen molar-refractivity contribution in [2.24, 2.45) is 0 Å². The molecule has 7 heteroatoms. The highest BCUT2D eigenvalue weighted by molar-refractivity contribution is 5.95. The molecule has 1 aromatic rings. The molecule has 0 spiro atoms. The third kappa shape index (κ3) is 5.47. The Morgan fingerprint density at radius 2 is 1.88 bits per heavy atom. The van der Waals surface area contributed by atoms with Gasteiger partial charge in [-0.05, 0) is 45.7 Å². The third-order valence-electron chi connectivity index (χ3n) is 3.98. The van der Waals surface area contributed by atoms with E-state index in [9.17, 15) is 14.4 Å². The Morgan fingerprint density at radius 1 is 1.23 bits per heavy atom. The Balaban J connectivity index is 1.93. The number of anilines is 1. The number of hydrogen-bond acceptors (Lipinski definition) is 4. The van der Waals surface area contributed by atoms with E-state index in [2.05, 4.69) is 5.32 Å². The molecule has 0 saturated carbocycles. The molecule has 142 valence electrons. The summed E-state index contributed by atoms with van der Waals surface area (Å²) in [6.45, 7) is 5.77. The lowest BCUT2D eigenvalue weighted by molar-refractivity contribution is -0.137. The minimum Gasteiger partial charge on any atom is -0.444 e. The second-order valence-electron chi connectivity index (χ2n) is 7.44. The molecule has 1 fully saturated rings. The summed E-state index contributed by atoms with van der Waals surface area (Å²) in [5.74, 6) is -0.537. The molecule has 2 rings (SSSR count). The first-order chi connectivity index (χ1) is 12.2. The molecule has 7 nitrogen and oxygen atoms in total. The summed E-state index contributed by atoms with van der Waals surface area (Å²) in [5.41, 5.74) is 0.0592. The molecule has 0 aliphatic carbocycles. The first kappa shape index (κ1) is 19.8. The number of hydrogen-bond donors (Lipinski definition) is 1. The van der Waals surface area contributed by atoms with Gasteiger partial charge in [-0.2, -0.15) is 0 Å². The highest BCUT2D eigenvalue weighted by atomic mass is 16.6. The Labute approximate surface area is 154 Å². The lowest BCUT2D eigenvalue weighted by atomic mass is 10.2. The topological polar surface area (TPSA) is 79.0 Å². The van der Waals surface area contributed by atoms with Crippen molar-refractivity contribution >= 4 is 23.6 Å². The Kier molecular flexibility index (Phi) is 6.23. The number of likely N-dealkylation sites (N-methyl/N-ethyl adjacent to an activating group) is 1. The summed E-state index contributed by atoms with van der Waals surface area (Å²) in [7, 11) is 1.57. The van der Waals surface area contributed by atoms with E-state index in [1.54, 1.807) is 40.0 Å². The molecule has 0 aromatic heterocycles. The van der Waals surface area contributed by atoms with Gasteiger partial charge in [-0.3, -0.25) is 14.5 Å². The van der Waals surface area contributed by atoms with E-state index in [-0.39, 0.29) is 18.4 Å². The fraction of sp³-hybridized carbons (Fsp3) is 0.526. The van der Waals surface area contributed by atoms with Crippen LogP contribution in [0.2, 0.25) is 0 Å². The van der Waals surface area contributed by atoms with Crippen molar-refractivity contribution < 1.29 is 19.1 Å². The highest BCUT2D eigenvalue weighted by Gasteiger charge is 2.38. The molecule has 1 unspecified atom stereocenters. The predicted molar refractivity (Wildman–Crippen MR) is 98.7 cm³/mol. The van der Waals surface area contributed by atoms with Crippen LogP contribution < -0.4 is 5.32 Å². The molecule has 1 aromatic carbocycles. The SMILES string of the molecule is CN(CC(=O)Nc1ccccc1)C(=O)C1CCCN1C(=O)OC(C)(C)C. The van der Waals surface area contributed by atoms with Gasteiger partial charge in [0.1, 0.15) is 11.6 Å². The molecular formula is C19H27N3O4. The van der Waals surface area contributed by atoms with Crippen LogP contribution in [0.15, 0.2) is 30.3 Å². The van der Waals surface area contributed by atoms with E-state index in [0.717, 1.165) is 6.42 Å². The van der Waals surface area contributed by atoms with Gasteiger partial charge in [0.15, 0.2) is 0 Å². The van der Waals surface area contributed by atoms with E-state index >= 15 is 0 Å². The number of ether oxygens (including phenoxy) is 1.